The van der Waals surface area contributed by atoms with Gasteiger partial charge in [-0.25, -0.2) is 4.90 Å². The third-order valence-electron chi connectivity index (χ3n) is 3.79. The molecule has 2 aromatic rings. The zero-order valence-electron chi connectivity index (χ0n) is 13.5. The van der Waals surface area contributed by atoms with Crippen LogP contribution in [0.2, 0.25) is 0 Å². The maximum Gasteiger partial charge on any atom is 0.298 e. The fourth-order valence-electron chi connectivity index (χ4n) is 2.45. The number of amides is 2. The summed E-state index contributed by atoms with van der Waals surface area (Å²) in [7, 11) is 1.59. The summed E-state index contributed by atoms with van der Waals surface area (Å²) < 4.78 is 5.18. The number of thioether (sulfide) groups is 1. The Kier molecular flexibility index (Phi) is 4.71. The molecule has 2 amide bonds. The van der Waals surface area contributed by atoms with Crippen molar-refractivity contribution in [2.45, 2.75) is 13.3 Å². The molecule has 0 bridgehead atoms. The quantitative estimate of drug-likeness (QED) is 0.770. The van der Waals surface area contributed by atoms with E-state index < -0.39 is 0 Å². The van der Waals surface area contributed by atoms with Crippen molar-refractivity contribution in [1.82, 2.24) is 0 Å². The smallest absolute Gasteiger partial charge is 0.298 e. The van der Waals surface area contributed by atoms with Crippen LogP contribution in [0.1, 0.15) is 18.1 Å². The highest BCUT2D eigenvalue weighted by atomic mass is 32.2. The maximum absolute atomic E-state index is 12.6. The van der Waals surface area contributed by atoms with Gasteiger partial charge in [-0.05, 0) is 59.7 Å². The number of anilines is 1. The van der Waals surface area contributed by atoms with Crippen molar-refractivity contribution < 1.29 is 14.3 Å². The van der Waals surface area contributed by atoms with Crippen molar-refractivity contribution >= 4 is 34.7 Å². The van der Waals surface area contributed by atoms with E-state index >= 15 is 0 Å². The number of carbonyl (C=O) groups is 2. The van der Waals surface area contributed by atoms with Crippen LogP contribution >= 0.6 is 11.8 Å². The first kappa shape index (κ1) is 16.3. The Bertz CT molecular complexity index is 812. The van der Waals surface area contributed by atoms with E-state index in [4.69, 9.17) is 4.74 Å². The molecule has 0 radical (unpaired) electrons. The molecule has 0 aromatic heterocycles. The lowest BCUT2D eigenvalue weighted by Crippen LogP contribution is -2.27. The highest BCUT2D eigenvalue weighted by Gasteiger charge is 2.36. The predicted molar refractivity (Wildman–Crippen MR) is 97.3 cm³/mol. The summed E-state index contributed by atoms with van der Waals surface area (Å²) in [6, 6.07) is 14.9. The fraction of sp³-hybridized carbons (Fsp3) is 0.158. The minimum atomic E-state index is -0.294. The van der Waals surface area contributed by atoms with Crippen molar-refractivity contribution in [3.63, 3.8) is 0 Å². The van der Waals surface area contributed by atoms with E-state index in [9.17, 15) is 9.59 Å². The van der Waals surface area contributed by atoms with Crippen LogP contribution in [0.15, 0.2) is 53.4 Å². The van der Waals surface area contributed by atoms with Gasteiger partial charge in [0.05, 0.1) is 17.7 Å². The van der Waals surface area contributed by atoms with Crippen LogP contribution < -0.4 is 9.64 Å². The Labute approximate surface area is 145 Å². The number of aryl methyl sites for hydroxylation is 1. The summed E-state index contributed by atoms with van der Waals surface area (Å²) in [6.07, 6.45) is 2.63. The van der Waals surface area contributed by atoms with Crippen molar-refractivity contribution in [1.29, 1.82) is 0 Å². The van der Waals surface area contributed by atoms with Gasteiger partial charge in [0.1, 0.15) is 5.75 Å². The standard InChI is InChI=1S/C19H17NO3S/c1-3-13-7-9-15(10-8-13)20-18(21)17(24-19(20)22)12-14-5-4-6-16(11-14)23-2/h4-12H,3H2,1-2H3/b17-12-. The number of methoxy groups -OCH3 is 1. The average Bonchev–Trinajstić information content (AvgIpc) is 2.89. The van der Waals surface area contributed by atoms with E-state index in [0.29, 0.717) is 16.3 Å². The molecular weight excluding hydrogens is 322 g/mol. The molecule has 1 aliphatic heterocycles. The Morgan fingerprint density at radius 3 is 2.54 bits per heavy atom. The first-order chi connectivity index (χ1) is 11.6. The van der Waals surface area contributed by atoms with Crippen LogP contribution in [0.25, 0.3) is 6.08 Å². The molecule has 0 unspecified atom stereocenters. The molecular formula is C19H17NO3S. The Hall–Kier alpha value is -2.53. The molecule has 0 aliphatic carbocycles. The van der Waals surface area contributed by atoms with Crippen LogP contribution in [0.5, 0.6) is 5.75 Å². The van der Waals surface area contributed by atoms with Crippen LogP contribution in [0.3, 0.4) is 0 Å². The number of benzene rings is 2. The van der Waals surface area contributed by atoms with E-state index in [0.717, 1.165) is 29.3 Å². The lowest BCUT2D eigenvalue weighted by Gasteiger charge is -2.12. The van der Waals surface area contributed by atoms with E-state index in [2.05, 4.69) is 6.92 Å². The van der Waals surface area contributed by atoms with Gasteiger partial charge in [0.15, 0.2) is 0 Å². The molecule has 0 N–H and O–H groups in total. The predicted octanol–water partition coefficient (Wildman–Crippen LogP) is 4.50. The minimum Gasteiger partial charge on any atom is -0.497 e. The minimum absolute atomic E-state index is 0.279. The Morgan fingerprint density at radius 1 is 1.12 bits per heavy atom. The second kappa shape index (κ2) is 6.93. The third-order valence-corrected chi connectivity index (χ3v) is 4.66. The third kappa shape index (κ3) is 3.21. The number of hydrogen-bond acceptors (Lipinski definition) is 4. The van der Waals surface area contributed by atoms with Crippen molar-refractivity contribution in [3.8, 4) is 5.75 Å². The Morgan fingerprint density at radius 2 is 1.88 bits per heavy atom. The molecule has 24 heavy (non-hydrogen) atoms. The van der Waals surface area contributed by atoms with E-state index in [1.165, 1.54) is 4.90 Å². The summed E-state index contributed by atoms with van der Waals surface area (Å²) >= 11 is 0.953. The normalized spacial score (nSPS) is 16.1. The van der Waals surface area contributed by atoms with Crippen molar-refractivity contribution in [3.05, 3.63) is 64.6 Å². The number of carbonyl (C=O) groups excluding carboxylic acids is 2. The average molecular weight is 339 g/mol. The molecule has 1 heterocycles. The molecule has 4 nitrogen and oxygen atoms in total. The van der Waals surface area contributed by atoms with Gasteiger partial charge in [-0.2, -0.15) is 0 Å². The number of nitrogens with zero attached hydrogens (tertiary/aromatic N) is 1. The molecule has 2 aromatic carbocycles. The van der Waals surface area contributed by atoms with Gasteiger partial charge in [0.2, 0.25) is 0 Å². The van der Waals surface area contributed by atoms with E-state index in [1.807, 2.05) is 48.5 Å². The molecule has 3 rings (SSSR count). The first-order valence-corrected chi connectivity index (χ1v) is 8.45. The maximum atomic E-state index is 12.6. The number of rotatable bonds is 4. The molecule has 0 saturated carbocycles. The van der Waals surface area contributed by atoms with Crippen molar-refractivity contribution in [2.75, 3.05) is 12.0 Å². The van der Waals surface area contributed by atoms with E-state index in [1.54, 1.807) is 13.2 Å². The Balaban J connectivity index is 1.89. The van der Waals surface area contributed by atoms with E-state index in [-0.39, 0.29) is 11.1 Å². The monoisotopic (exact) mass is 339 g/mol. The number of imide groups is 1. The zero-order valence-corrected chi connectivity index (χ0v) is 14.3. The summed E-state index contributed by atoms with van der Waals surface area (Å²) in [5.74, 6) is 0.412. The second-order valence-corrected chi connectivity index (χ2v) is 6.31. The van der Waals surface area contributed by atoms with Crippen LogP contribution in [-0.2, 0) is 11.2 Å². The van der Waals surface area contributed by atoms with Crippen LogP contribution in [0, 0.1) is 0 Å². The first-order valence-electron chi connectivity index (χ1n) is 7.63. The summed E-state index contributed by atoms with van der Waals surface area (Å²) in [5.41, 5.74) is 2.59. The van der Waals surface area contributed by atoms with Gasteiger partial charge >= 0.3 is 0 Å². The van der Waals surface area contributed by atoms with Gasteiger partial charge in [-0.1, -0.05) is 31.2 Å². The largest absolute Gasteiger partial charge is 0.497 e. The lowest BCUT2D eigenvalue weighted by molar-refractivity contribution is -0.113. The highest BCUT2D eigenvalue weighted by Crippen LogP contribution is 2.36. The van der Waals surface area contributed by atoms with Gasteiger partial charge in [0, 0.05) is 0 Å². The molecule has 5 heteroatoms. The molecule has 1 fully saturated rings. The summed E-state index contributed by atoms with van der Waals surface area (Å²) in [5, 5.41) is -0.279. The van der Waals surface area contributed by atoms with Gasteiger partial charge < -0.3 is 4.74 Å². The molecule has 1 aliphatic rings. The molecule has 1 saturated heterocycles. The summed E-state index contributed by atoms with van der Waals surface area (Å²) in [4.78, 5) is 26.5. The van der Waals surface area contributed by atoms with Gasteiger partial charge in [-0.3, -0.25) is 9.59 Å². The number of ether oxygens (including phenoxy) is 1. The zero-order chi connectivity index (χ0) is 17.1. The fourth-order valence-corrected chi connectivity index (χ4v) is 3.30. The van der Waals surface area contributed by atoms with Gasteiger partial charge in [0.25, 0.3) is 11.1 Å². The van der Waals surface area contributed by atoms with Crippen LogP contribution in [0.4, 0.5) is 10.5 Å². The van der Waals surface area contributed by atoms with Crippen molar-refractivity contribution in [2.24, 2.45) is 0 Å². The highest BCUT2D eigenvalue weighted by molar-refractivity contribution is 8.19. The molecule has 122 valence electrons. The second-order valence-electron chi connectivity index (χ2n) is 5.31. The summed E-state index contributed by atoms with van der Waals surface area (Å²) in [6.45, 7) is 2.06. The molecule has 0 atom stereocenters. The van der Waals surface area contributed by atoms with Crippen LogP contribution in [-0.4, -0.2) is 18.3 Å². The van der Waals surface area contributed by atoms with Gasteiger partial charge in [-0.15, -0.1) is 0 Å². The molecule has 0 spiro atoms. The SMILES string of the molecule is CCc1ccc(N2C(=O)S/C(=C\c3cccc(OC)c3)C2=O)cc1. The topological polar surface area (TPSA) is 46.6 Å². The number of hydrogen-bond donors (Lipinski definition) is 0. The lowest BCUT2D eigenvalue weighted by atomic mass is 10.1.